The van der Waals surface area contributed by atoms with E-state index in [1.165, 1.54) is 18.2 Å². The predicted octanol–water partition coefficient (Wildman–Crippen LogP) is 4.61. The summed E-state index contributed by atoms with van der Waals surface area (Å²) < 4.78 is 11.1. The maximum atomic E-state index is 12.1. The minimum atomic E-state index is -1.05. The van der Waals surface area contributed by atoms with Gasteiger partial charge in [-0.3, -0.25) is 4.79 Å². The molecular formula is C22H25NO5. The number of ether oxygens (including phenoxy) is 2. The van der Waals surface area contributed by atoms with Crippen LogP contribution < -0.4 is 14.8 Å². The average molecular weight is 383 g/mol. The van der Waals surface area contributed by atoms with E-state index < -0.39 is 5.97 Å². The lowest BCUT2D eigenvalue weighted by Gasteiger charge is -2.11. The van der Waals surface area contributed by atoms with E-state index in [4.69, 9.17) is 14.6 Å². The van der Waals surface area contributed by atoms with Gasteiger partial charge in [-0.05, 0) is 48.4 Å². The molecule has 148 valence electrons. The van der Waals surface area contributed by atoms with Crippen LogP contribution in [0.25, 0.3) is 6.08 Å². The summed E-state index contributed by atoms with van der Waals surface area (Å²) in [5, 5.41) is 11.6. The molecule has 0 aliphatic heterocycles. The molecule has 2 rings (SSSR count). The molecule has 0 aliphatic rings. The number of carboxylic acid groups (broad SMARTS) is 1. The standard InChI is InChI=1S/C22H25NO5/c1-3-4-5-13-28-19-11-9-16(14-20(19)27-2)10-12-21(24)23-18-8-6-7-17(15-18)22(25)26/h6-12,14-15H,3-5,13H2,1-2H3,(H,23,24)(H,25,26)/b12-10+. The van der Waals surface area contributed by atoms with Crippen LogP contribution in [0.3, 0.4) is 0 Å². The summed E-state index contributed by atoms with van der Waals surface area (Å²) in [4.78, 5) is 23.1. The summed E-state index contributed by atoms with van der Waals surface area (Å²) >= 11 is 0. The van der Waals surface area contributed by atoms with Crippen molar-refractivity contribution in [3.8, 4) is 11.5 Å². The predicted molar refractivity (Wildman–Crippen MR) is 109 cm³/mol. The molecule has 0 saturated carbocycles. The highest BCUT2D eigenvalue weighted by Gasteiger charge is 2.06. The Morgan fingerprint density at radius 1 is 1.11 bits per heavy atom. The van der Waals surface area contributed by atoms with Crippen molar-refractivity contribution in [3.63, 3.8) is 0 Å². The topological polar surface area (TPSA) is 84.9 Å². The van der Waals surface area contributed by atoms with Crippen LogP contribution in [0.2, 0.25) is 0 Å². The number of amides is 1. The van der Waals surface area contributed by atoms with Crippen molar-refractivity contribution in [1.29, 1.82) is 0 Å². The molecule has 2 aromatic rings. The monoisotopic (exact) mass is 383 g/mol. The Bertz CT molecular complexity index is 845. The third-order valence-electron chi connectivity index (χ3n) is 4.00. The molecule has 0 atom stereocenters. The molecule has 0 saturated heterocycles. The van der Waals surface area contributed by atoms with Gasteiger partial charge in [-0.15, -0.1) is 0 Å². The second-order valence-corrected chi connectivity index (χ2v) is 6.17. The summed E-state index contributed by atoms with van der Waals surface area (Å²) in [6, 6.07) is 11.5. The first-order valence-electron chi connectivity index (χ1n) is 9.16. The van der Waals surface area contributed by atoms with Gasteiger partial charge < -0.3 is 19.9 Å². The number of carboxylic acids is 1. The minimum absolute atomic E-state index is 0.112. The highest BCUT2D eigenvalue weighted by atomic mass is 16.5. The van der Waals surface area contributed by atoms with Gasteiger partial charge in [-0.1, -0.05) is 31.9 Å². The zero-order chi connectivity index (χ0) is 20.4. The number of carbonyl (C=O) groups is 2. The maximum absolute atomic E-state index is 12.1. The first-order chi connectivity index (χ1) is 13.5. The smallest absolute Gasteiger partial charge is 0.335 e. The van der Waals surface area contributed by atoms with Gasteiger partial charge >= 0.3 is 5.97 Å². The highest BCUT2D eigenvalue weighted by Crippen LogP contribution is 2.28. The number of benzene rings is 2. The number of aromatic carboxylic acids is 1. The number of methoxy groups -OCH3 is 1. The molecule has 0 aromatic heterocycles. The van der Waals surface area contributed by atoms with Gasteiger partial charge in [0.25, 0.3) is 0 Å². The van der Waals surface area contributed by atoms with Gasteiger partial charge in [0.05, 0.1) is 19.3 Å². The fraction of sp³-hybridized carbons (Fsp3) is 0.273. The molecule has 0 radical (unpaired) electrons. The average Bonchev–Trinajstić information content (AvgIpc) is 2.70. The fourth-order valence-corrected chi connectivity index (χ4v) is 2.53. The Labute approximate surface area is 164 Å². The number of anilines is 1. The summed E-state index contributed by atoms with van der Waals surface area (Å²) in [6.45, 7) is 2.78. The van der Waals surface area contributed by atoms with Crippen molar-refractivity contribution in [2.24, 2.45) is 0 Å². The van der Waals surface area contributed by atoms with Crippen molar-refractivity contribution in [2.75, 3.05) is 19.0 Å². The summed E-state index contributed by atoms with van der Waals surface area (Å²) in [7, 11) is 1.57. The van der Waals surface area contributed by atoms with Gasteiger partial charge in [0.15, 0.2) is 11.5 Å². The molecule has 0 spiro atoms. The quantitative estimate of drug-likeness (QED) is 0.462. The SMILES string of the molecule is CCCCCOc1ccc(/C=C/C(=O)Nc2cccc(C(=O)O)c2)cc1OC. The van der Waals surface area contributed by atoms with Gasteiger partial charge in [0, 0.05) is 11.8 Å². The molecule has 0 heterocycles. The van der Waals surface area contributed by atoms with Crippen molar-refractivity contribution in [3.05, 3.63) is 59.7 Å². The van der Waals surface area contributed by atoms with Gasteiger partial charge in [-0.2, -0.15) is 0 Å². The van der Waals surface area contributed by atoms with Gasteiger partial charge in [0.2, 0.25) is 5.91 Å². The molecule has 2 aromatic carbocycles. The van der Waals surface area contributed by atoms with Crippen LogP contribution in [-0.4, -0.2) is 30.7 Å². The fourth-order valence-electron chi connectivity index (χ4n) is 2.53. The van der Waals surface area contributed by atoms with Crippen LogP contribution in [0.4, 0.5) is 5.69 Å². The number of nitrogens with one attached hydrogen (secondary N) is 1. The molecule has 6 heteroatoms. The third kappa shape index (κ3) is 6.46. The molecule has 2 N–H and O–H groups in total. The second-order valence-electron chi connectivity index (χ2n) is 6.17. The number of hydrogen-bond donors (Lipinski definition) is 2. The van der Waals surface area contributed by atoms with Crippen molar-refractivity contribution in [2.45, 2.75) is 26.2 Å². The first-order valence-corrected chi connectivity index (χ1v) is 9.16. The van der Waals surface area contributed by atoms with Crippen LogP contribution in [0, 0.1) is 0 Å². The molecule has 0 fully saturated rings. The molecule has 6 nitrogen and oxygen atoms in total. The summed E-state index contributed by atoms with van der Waals surface area (Å²) in [5.74, 6) is -0.129. The molecular weight excluding hydrogens is 358 g/mol. The van der Waals surface area contributed by atoms with Crippen LogP contribution in [0.5, 0.6) is 11.5 Å². The zero-order valence-corrected chi connectivity index (χ0v) is 16.1. The normalized spacial score (nSPS) is 10.6. The Balaban J connectivity index is 1.99. The van der Waals surface area contributed by atoms with E-state index in [9.17, 15) is 9.59 Å². The van der Waals surface area contributed by atoms with Crippen LogP contribution in [0.1, 0.15) is 42.1 Å². The summed E-state index contributed by atoms with van der Waals surface area (Å²) in [6.07, 6.45) is 6.27. The number of hydrogen-bond acceptors (Lipinski definition) is 4. The Hall–Kier alpha value is -3.28. The van der Waals surface area contributed by atoms with Crippen molar-refractivity contribution < 1.29 is 24.2 Å². The van der Waals surface area contributed by atoms with E-state index in [0.29, 0.717) is 23.8 Å². The molecule has 1 amide bonds. The molecule has 0 unspecified atom stereocenters. The second kappa shape index (κ2) is 10.8. The van der Waals surface area contributed by atoms with Crippen molar-refractivity contribution in [1.82, 2.24) is 0 Å². The third-order valence-corrected chi connectivity index (χ3v) is 4.00. The van der Waals surface area contributed by atoms with Crippen molar-refractivity contribution >= 4 is 23.6 Å². The lowest BCUT2D eigenvalue weighted by molar-refractivity contribution is -0.111. The number of unbranched alkanes of at least 4 members (excludes halogenated alkanes) is 2. The van der Waals surface area contributed by atoms with Crippen LogP contribution in [0.15, 0.2) is 48.5 Å². The van der Waals surface area contributed by atoms with Gasteiger partial charge in [0.1, 0.15) is 0 Å². The Kier molecular flexibility index (Phi) is 8.09. The van der Waals surface area contributed by atoms with Crippen LogP contribution >= 0.6 is 0 Å². The number of rotatable bonds is 10. The van der Waals surface area contributed by atoms with E-state index in [0.717, 1.165) is 24.8 Å². The Morgan fingerprint density at radius 3 is 2.64 bits per heavy atom. The largest absolute Gasteiger partial charge is 0.493 e. The molecule has 0 bridgehead atoms. The number of carbonyl (C=O) groups excluding carboxylic acids is 1. The van der Waals surface area contributed by atoms with E-state index in [1.54, 1.807) is 31.4 Å². The summed E-state index contributed by atoms with van der Waals surface area (Å²) in [5.41, 5.74) is 1.32. The highest BCUT2D eigenvalue weighted by molar-refractivity contribution is 6.02. The van der Waals surface area contributed by atoms with E-state index >= 15 is 0 Å². The lowest BCUT2D eigenvalue weighted by Crippen LogP contribution is -2.08. The molecule has 28 heavy (non-hydrogen) atoms. The zero-order valence-electron chi connectivity index (χ0n) is 16.1. The van der Waals surface area contributed by atoms with E-state index in [1.807, 2.05) is 12.1 Å². The maximum Gasteiger partial charge on any atom is 0.335 e. The Morgan fingerprint density at radius 2 is 1.93 bits per heavy atom. The minimum Gasteiger partial charge on any atom is -0.493 e. The lowest BCUT2D eigenvalue weighted by atomic mass is 10.1. The molecule has 0 aliphatic carbocycles. The van der Waals surface area contributed by atoms with E-state index in [-0.39, 0.29) is 11.5 Å². The van der Waals surface area contributed by atoms with E-state index in [2.05, 4.69) is 12.2 Å². The van der Waals surface area contributed by atoms with Gasteiger partial charge in [-0.25, -0.2) is 4.79 Å². The van der Waals surface area contributed by atoms with Crippen LogP contribution in [-0.2, 0) is 4.79 Å². The first kappa shape index (κ1) is 21.0.